The highest BCUT2D eigenvalue weighted by Gasteiger charge is 2.52. The first-order valence-corrected chi connectivity index (χ1v) is 17.3. The van der Waals surface area contributed by atoms with Crippen LogP contribution in [-0.4, -0.2) is 23.6 Å². The maximum Gasteiger partial charge on any atom is 0.340 e. The minimum atomic E-state index is -1.30. The van der Waals surface area contributed by atoms with Gasteiger partial charge >= 0.3 is 5.97 Å². The van der Waals surface area contributed by atoms with Crippen LogP contribution in [0.1, 0.15) is 69.3 Å². The predicted molar refractivity (Wildman–Crippen MR) is 204 cm³/mol. The maximum atomic E-state index is 14.0. The molecule has 0 saturated heterocycles. The molecule has 0 spiro atoms. The number of nitrogens with zero attached hydrogens (tertiary/aromatic N) is 2. The Hall–Kier alpha value is -5.81. The van der Waals surface area contributed by atoms with Gasteiger partial charge in [-0.1, -0.05) is 110 Å². The zero-order valence-electron chi connectivity index (χ0n) is 28.9. The van der Waals surface area contributed by atoms with Crippen molar-refractivity contribution in [3.8, 4) is 5.75 Å². The fourth-order valence-electron chi connectivity index (χ4n) is 7.59. The fraction of sp³-hybridized carbons (Fsp3) is 0.178. The standard InChI is InChI=1S/C45H42N2O3/c1-6-32-23-25-33(26-24-32)30-49-42-29-35(46(8-3)9-4)27-28-39(42)45(38-21-15-13-19-36(38)44(48)50-45)43-31(5)47(41-22-16-14-20-37(41)43)40(7-2)34-17-11-10-12-18-34/h6-7,10-29,40H,1-2,8-9,30H2,3-5H3. The van der Waals surface area contributed by atoms with Crippen LogP contribution in [0.2, 0.25) is 0 Å². The molecule has 0 fully saturated rings. The van der Waals surface area contributed by atoms with E-state index in [2.05, 4.69) is 116 Å². The summed E-state index contributed by atoms with van der Waals surface area (Å²) in [5.74, 6) is 0.296. The number of aromatic nitrogens is 1. The van der Waals surface area contributed by atoms with Crippen LogP contribution in [0.3, 0.4) is 0 Å². The summed E-state index contributed by atoms with van der Waals surface area (Å²) in [5.41, 5.74) is 7.96. The van der Waals surface area contributed by atoms with Gasteiger partial charge in [-0.25, -0.2) is 4.79 Å². The summed E-state index contributed by atoms with van der Waals surface area (Å²) in [7, 11) is 0. The predicted octanol–water partition coefficient (Wildman–Crippen LogP) is 10.3. The van der Waals surface area contributed by atoms with Crippen LogP contribution >= 0.6 is 0 Å². The van der Waals surface area contributed by atoms with E-state index < -0.39 is 5.60 Å². The molecule has 5 heteroatoms. The highest BCUT2D eigenvalue weighted by Crippen LogP contribution is 2.54. The second-order valence-corrected chi connectivity index (χ2v) is 12.6. The molecular weight excluding hydrogens is 617 g/mol. The van der Waals surface area contributed by atoms with Crippen molar-refractivity contribution in [2.45, 2.75) is 39.0 Å². The summed E-state index contributed by atoms with van der Waals surface area (Å²) in [6.07, 6.45) is 3.81. The number of esters is 1. The van der Waals surface area contributed by atoms with E-state index in [0.29, 0.717) is 17.9 Å². The molecule has 1 aliphatic heterocycles. The van der Waals surface area contributed by atoms with Gasteiger partial charge in [-0.05, 0) is 61.7 Å². The second-order valence-electron chi connectivity index (χ2n) is 12.6. The number of hydrogen-bond acceptors (Lipinski definition) is 4. The van der Waals surface area contributed by atoms with Crippen molar-refractivity contribution in [2.24, 2.45) is 0 Å². The average Bonchev–Trinajstić information content (AvgIpc) is 3.63. The van der Waals surface area contributed by atoms with Crippen molar-refractivity contribution < 1.29 is 14.3 Å². The van der Waals surface area contributed by atoms with Gasteiger partial charge in [-0.3, -0.25) is 0 Å². The molecule has 0 radical (unpaired) electrons. The quantitative estimate of drug-likeness (QED) is 0.0970. The molecule has 0 N–H and O–H groups in total. The molecule has 2 atom stereocenters. The molecule has 1 aromatic heterocycles. The Morgan fingerprint density at radius 1 is 0.840 bits per heavy atom. The number of rotatable bonds is 12. The van der Waals surface area contributed by atoms with Crippen molar-refractivity contribution in [3.63, 3.8) is 0 Å². The average molecular weight is 659 g/mol. The van der Waals surface area contributed by atoms with Gasteiger partial charge < -0.3 is 18.9 Å². The van der Waals surface area contributed by atoms with E-state index in [0.717, 1.165) is 68.8 Å². The number of para-hydroxylation sites is 1. The summed E-state index contributed by atoms with van der Waals surface area (Å²) in [5, 5.41) is 0.996. The zero-order valence-corrected chi connectivity index (χ0v) is 28.9. The molecule has 6 aromatic rings. The number of allylic oxidation sites excluding steroid dienone is 1. The minimum Gasteiger partial charge on any atom is -0.488 e. The molecule has 2 heterocycles. The van der Waals surface area contributed by atoms with Crippen LogP contribution in [0.5, 0.6) is 5.75 Å². The second kappa shape index (κ2) is 13.6. The number of anilines is 1. The van der Waals surface area contributed by atoms with E-state index in [1.54, 1.807) is 0 Å². The Morgan fingerprint density at radius 2 is 1.54 bits per heavy atom. The summed E-state index contributed by atoms with van der Waals surface area (Å²) >= 11 is 0. The molecule has 0 aliphatic carbocycles. The monoisotopic (exact) mass is 658 g/mol. The van der Waals surface area contributed by atoms with Crippen LogP contribution in [-0.2, 0) is 16.9 Å². The molecule has 2 unspecified atom stereocenters. The molecule has 1 aliphatic rings. The Balaban J connectivity index is 1.52. The van der Waals surface area contributed by atoms with Crippen molar-refractivity contribution in [1.29, 1.82) is 0 Å². The molecule has 50 heavy (non-hydrogen) atoms. The summed E-state index contributed by atoms with van der Waals surface area (Å²) in [4.78, 5) is 16.3. The first-order chi connectivity index (χ1) is 24.4. The topological polar surface area (TPSA) is 43.7 Å². The number of benzene rings is 5. The SMILES string of the molecule is C=Cc1ccc(COc2cc(N(CC)CC)ccc2C2(c3c(C)n(C(C=C)c4ccccc4)c4ccccc34)OC(=O)c3ccccc32)cc1. The van der Waals surface area contributed by atoms with Gasteiger partial charge in [-0.2, -0.15) is 0 Å². The highest BCUT2D eigenvalue weighted by molar-refractivity contribution is 5.99. The molecule has 250 valence electrons. The molecule has 0 saturated carbocycles. The Labute approximate surface area is 294 Å². The van der Waals surface area contributed by atoms with E-state index in [1.165, 1.54) is 0 Å². The number of fused-ring (bicyclic) bond motifs is 2. The van der Waals surface area contributed by atoms with E-state index >= 15 is 0 Å². The Kier molecular flexibility index (Phi) is 8.90. The van der Waals surface area contributed by atoms with Crippen LogP contribution < -0.4 is 9.64 Å². The van der Waals surface area contributed by atoms with Gasteiger partial charge in [0.05, 0.1) is 11.6 Å². The van der Waals surface area contributed by atoms with Gasteiger partial charge in [-0.15, -0.1) is 6.58 Å². The van der Waals surface area contributed by atoms with Crippen LogP contribution in [0.4, 0.5) is 5.69 Å². The minimum absolute atomic E-state index is 0.154. The van der Waals surface area contributed by atoms with Crippen molar-refractivity contribution >= 4 is 28.6 Å². The van der Waals surface area contributed by atoms with Crippen LogP contribution in [0, 0.1) is 6.92 Å². The summed E-state index contributed by atoms with van der Waals surface area (Å²) in [6, 6.07) is 40.8. The van der Waals surface area contributed by atoms with Gasteiger partial charge in [0.25, 0.3) is 0 Å². The number of hydrogen-bond donors (Lipinski definition) is 0. The van der Waals surface area contributed by atoms with E-state index in [1.807, 2.05) is 60.7 Å². The Morgan fingerprint density at radius 3 is 2.26 bits per heavy atom. The van der Waals surface area contributed by atoms with Crippen molar-refractivity contribution in [2.75, 3.05) is 18.0 Å². The number of carbonyl (C=O) groups excluding carboxylic acids is 1. The summed E-state index contributed by atoms with van der Waals surface area (Å²) < 4.78 is 15.9. The van der Waals surface area contributed by atoms with Crippen molar-refractivity contribution in [1.82, 2.24) is 4.57 Å². The smallest absolute Gasteiger partial charge is 0.340 e. The maximum absolute atomic E-state index is 14.0. The normalized spacial score (nSPS) is 15.7. The molecule has 5 aromatic carbocycles. The van der Waals surface area contributed by atoms with E-state index in [9.17, 15) is 4.79 Å². The lowest BCUT2D eigenvalue weighted by atomic mass is 9.78. The molecule has 0 bridgehead atoms. The molecular formula is C45H42N2O3. The van der Waals surface area contributed by atoms with Gasteiger partial charge in [0.15, 0.2) is 5.60 Å². The highest BCUT2D eigenvalue weighted by atomic mass is 16.6. The number of ether oxygens (including phenoxy) is 2. The number of cyclic esters (lactones) is 1. The largest absolute Gasteiger partial charge is 0.488 e. The van der Waals surface area contributed by atoms with Gasteiger partial charge in [0.2, 0.25) is 0 Å². The van der Waals surface area contributed by atoms with Gasteiger partial charge in [0, 0.05) is 58.1 Å². The van der Waals surface area contributed by atoms with E-state index in [4.69, 9.17) is 9.47 Å². The van der Waals surface area contributed by atoms with Crippen LogP contribution in [0.15, 0.2) is 141 Å². The summed E-state index contributed by atoms with van der Waals surface area (Å²) in [6.45, 7) is 16.6. The molecule has 7 rings (SSSR count). The lowest BCUT2D eigenvalue weighted by Crippen LogP contribution is -2.31. The fourth-order valence-corrected chi connectivity index (χ4v) is 7.59. The zero-order chi connectivity index (χ0) is 34.8. The lowest BCUT2D eigenvalue weighted by molar-refractivity contribution is 0.0245. The third-order valence-corrected chi connectivity index (χ3v) is 10.0. The first kappa shape index (κ1) is 32.7. The van der Waals surface area contributed by atoms with E-state index in [-0.39, 0.29) is 12.0 Å². The number of carbonyl (C=O) groups is 1. The Bertz CT molecular complexity index is 2190. The third-order valence-electron chi connectivity index (χ3n) is 10.0. The third kappa shape index (κ3) is 5.39. The van der Waals surface area contributed by atoms with Crippen molar-refractivity contribution in [3.05, 3.63) is 185 Å². The van der Waals surface area contributed by atoms with Crippen LogP contribution in [0.25, 0.3) is 17.0 Å². The lowest BCUT2D eigenvalue weighted by Gasteiger charge is -2.33. The van der Waals surface area contributed by atoms with Gasteiger partial charge in [0.1, 0.15) is 12.4 Å². The molecule has 5 nitrogen and oxygen atoms in total. The molecule has 0 amide bonds. The first-order valence-electron chi connectivity index (χ1n) is 17.3.